The SMILES string of the molecule is COc1ccc([Si](C)(C)[C@@H]2[C@@H](CCn3cc(C(CO)c4ccccc4)nn3)O[C@]3(C(=O)N(Cc4ccc(N5CCOC5=O)cc4)c4ccc(Cl)cc43)[C@H]2C)cc1. The van der Waals surface area contributed by atoms with Gasteiger partial charge in [0, 0.05) is 34.9 Å². The summed E-state index contributed by atoms with van der Waals surface area (Å²) >= 11 is 6.72. The van der Waals surface area contributed by atoms with Gasteiger partial charge in [-0.25, -0.2) is 4.79 Å². The summed E-state index contributed by atoms with van der Waals surface area (Å²) in [7, 11) is -0.726. The van der Waals surface area contributed by atoms with Crippen molar-refractivity contribution in [1.82, 2.24) is 15.0 Å². The minimum absolute atomic E-state index is 0.0172. The van der Waals surface area contributed by atoms with Crippen LogP contribution in [0.15, 0.2) is 103 Å². The number of aliphatic hydroxyl groups excluding tert-OH is 1. The lowest BCUT2D eigenvalue weighted by atomic mass is 9.82. The molecule has 2 amide bonds. The number of aryl methyl sites for hydroxylation is 1. The van der Waals surface area contributed by atoms with E-state index in [9.17, 15) is 9.90 Å². The average Bonchev–Trinajstić information content (AvgIpc) is 3.98. The van der Waals surface area contributed by atoms with E-state index in [1.54, 1.807) is 12.0 Å². The van der Waals surface area contributed by atoms with E-state index < -0.39 is 13.7 Å². The Bertz CT molecular complexity index is 2220. The van der Waals surface area contributed by atoms with E-state index in [1.807, 2.05) is 101 Å². The highest BCUT2D eigenvalue weighted by Crippen LogP contribution is 2.60. The molecular weight excluding hydrogens is 746 g/mol. The third-order valence-electron chi connectivity index (χ3n) is 12.1. The molecule has 1 spiro atoms. The van der Waals surface area contributed by atoms with Crippen LogP contribution in [0.1, 0.15) is 41.6 Å². The van der Waals surface area contributed by atoms with E-state index in [0.717, 1.165) is 33.8 Å². The van der Waals surface area contributed by atoms with Gasteiger partial charge in [-0.05, 0) is 65.6 Å². The van der Waals surface area contributed by atoms with Gasteiger partial charge in [0.05, 0.1) is 58.3 Å². The Kier molecular flexibility index (Phi) is 10.2. The number of nitrogens with zero attached hydrogens (tertiary/aromatic N) is 5. The zero-order valence-electron chi connectivity index (χ0n) is 32.0. The number of methoxy groups -OCH3 is 1. The van der Waals surface area contributed by atoms with Crippen LogP contribution in [0.4, 0.5) is 16.2 Å². The normalized spacial score (nSPS) is 22.5. The summed E-state index contributed by atoms with van der Waals surface area (Å²) in [4.78, 5) is 30.8. The number of hydrogen-bond donors (Lipinski definition) is 1. The highest BCUT2D eigenvalue weighted by Gasteiger charge is 2.66. The molecule has 13 heteroatoms. The first-order chi connectivity index (χ1) is 27.0. The summed E-state index contributed by atoms with van der Waals surface area (Å²) < 4.78 is 19.8. The monoisotopic (exact) mass is 791 g/mol. The Morgan fingerprint density at radius 2 is 1.77 bits per heavy atom. The van der Waals surface area contributed by atoms with Crippen LogP contribution in [0.5, 0.6) is 5.75 Å². The molecule has 5 atom stereocenters. The lowest BCUT2D eigenvalue weighted by Gasteiger charge is -2.37. The van der Waals surface area contributed by atoms with Gasteiger partial charge in [0.2, 0.25) is 0 Å². The van der Waals surface area contributed by atoms with Crippen LogP contribution in [-0.2, 0) is 33.0 Å². The molecule has 0 aliphatic carbocycles. The second kappa shape index (κ2) is 15.1. The van der Waals surface area contributed by atoms with Crippen molar-refractivity contribution in [3.63, 3.8) is 0 Å². The molecule has 0 bridgehead atoms. The number of aromatic nitrogens is 3. The number of carbonyl (C=O) groups excluding carboxylic acids is 2. The number of amides is 2. The summed E-state index contributed by atoms with van der Waals surface area (Å²) in [5.74, 6) is 0.178. The van der Waals surface area contributed by atoms with Gasteiger partial charge >= 0.3 is 6.09 Å². The lowest BCUT2D eigenvalue weighted by Crippen LogP contribution is -2.51. The van der Waals surface area contributed by atoms with Gasteiger partial charge in [0.25, 0.3) is 5.91 Å². The van der Waals surface area contributed by atoms with Crippen LogP contribution in [0, 0.1) is 5.92 Å². The third kappa shape index (κ3) is 6.57. The van der Waals surface area contributed by atoms with Crippen LogP contribution < -0.4 is 19.7 Å². The van der Waals surface area contributed by atoms with Crippen molar-refractivity contribution in [1.29, 1.82) is 0 Å². The number of hydrogen-bond acceptors (Lipinski definition) is 8. The predicted molar refractivity (Wildman–Crippen MR) is 217 cm³/mol. The Hall–Kier alpha value is -5.01. The fourth-order valence-corrected chi connectivity index (χ4v) is 13.4. The number of anilines is 2. The van der Waals surface area contributed by atoms with Crippen molar-refractivity contribution in [2.24, 2.45) is 5.92 Å². The van der Waals surface area contributed by atoms with Gasteiger partial charge in [-0.3, -0.25) is 14.4 Å². The topological polar surface area (TPSA) is 119 Å². The van der Waals surface area contributed by atoms with Gasteiger partial charge in [-0.2, -0.15) is 0 Å². The van der Waals surface area contributed by atoms with Crippen LogP contribution in [0.2, 0.25) is 23.7 Å². The zero-order chi connectivity index (χ0) is 39.2. The fraction of sp³-hybridized carbons (Fsp3) is 0.349. The van der Waals surface area contributed by atoms with Gasteiger partial charge in [-0.15, -0.1) is 5.10 Å². The van der Waals surface area contributed by atoms with Crippen molar-refractivity contribution in [2.75, 3.05) is 36.7 Å². The molecule has 5 aromatic rings. The number of rotatable bonds is 12. The third-order valence-corrected chi connectivity index (χ3v) is 16.7. The zero-order valence-corrected chi connectivity index (χ0v) is 33.7. The van der Waals surface area contributed by atoms with Crippen LogP contribution in [0.25, 0.3) is 0 Å². The minimum Gasteiger partial charge on any atom is -0.497 e. The highest BCUT2D eigenvalue weighted by molar-refractivity contribution is 6.91. The van der Waals surface area contributed by atoms with Crippen molar-refractivity contribution in [3.05, 3.63) is 131 Å². The Morgan fingerprint density at radius 3 is 2.45 bits per heavy atom. The van der Waals surface area contributed by atoms with Crippen molar-refractivity contribution in [3.8, 4) is 5.75 Å². The second-order valence-corrected chi connectivity index (χ2v) is 20.6. The van der Waals surface area contributed by atoms with E-state index in [4.69, 9.17) is 25.8 Å². The molecule has 1 aromatic heterocycles. The molecule has 4 heterocycles. The second-order valence-electron chi connectivity index (χ2n) is 15.5. The summed E-state index contributed by atoms with van der Waals surface area (Å²) in [6.45, 7) is 8.49. The maximum atomic E-state index is 15.2. The van der Waals surface area contributed by atoms with Crippen LogP contribution in [0.3, 0.4) is 0 Å². The molecule has 56 heavy (non-hydrogen) atoms. The quantitative estimate of drug-likeness (QED) is 0.136. The van der Waals surface area contributed by atoms with Crippen molar-refractivity contribution in [2.45, 2.75) is 62.7 Å². The Balaban J connectivity index is 1.13. The van der Waals surface area contributed by atoms with E-state index in [0.29, 0.717) is 43.4 Å². The molecule has 2 saturated heterocycles. The molecule has 0 saturated carbocycles. The lowest BCUT2D eigenvalue weighted by molar-refractivity contribution is -0.146. The molecule has 11 nitrogen and oxygen atoms in total. The first-order valence-corrected chi connectivity index (χ1v) is 22.5. The first-order valence-electron chi connectivity index (χ1n) is 19.1. The molecule has 0 radical (unpaired) electrons. The van der Waals surface area contributed by atoms with Gasteiger partial charge in [0.1, 0.15) is 12.4 Å². The van der Waals surface area contributed by atoms with Crippen LogP contribution in [-0.4, -0.2) is 73.1 Å². The number of halogens is 1. The molecule has 290 valence electrons. The smallest absolute Gasteiger partial charge is 0.414 e. The van der Waals surface area contributed by atoms with Gasteiger partial charge < -0.3 is 24.2 Å². The summed E-state index contributed by atoms with van der Waals surface area (Å²) in [6, 6.07) is 31.5. The molecule has 3 aliphatic rings. The highest BCUT2D eigenvalue weighted by atomic mass is 35.5. The molecule has 8 rings (SSSR count). The van der Waals surface area contributed by atoms with Gasteiger partial charge in [0.15, 0.2) is 5.60 Å². The van der Waals surface area contributed by atoms with Crippen LogP contribution >= 0.6 is 11.6 Å². The molecule has 4 aromatic carbocycles. The number of benzene rings is 4. The van der Waals surface area contributed by atoms with E-state index in [2.05, 4.69) is 42.5 Å². The number of aliphatic hydroxyl groups is 1. The first kappa shape index (κ1) is 37.9. The maximum absolute atomic E-state index is 15.2. The Morgan fingerprint density at radius 1 is 1.02 bits per heavy atom. The minimum atomic E-state index is -2.39. The predicted octanol–water partition coefficient (Wildman–Crippen LogP) is 6.87. The van der Waals surface area contributed by atoms with Gasteiger partial charge in [-0.1, -0.05) is 96.6 Å². The largest absolute Gasteiger partial charge is 0.497 e. The summed E-state index contributed by atoms with van der Waals surface area (Å²) in [5.41, 5.74) is 3.64. The number of cyclic esters (lactones) is 1. The van der Waals surface area contributed by atoms with Crippen molar-refractivity contribution < 1.29 is 28.9 Å². The fourth-order valence-electron chi connectivity index (χ4n) is 9.20. The van der Waals surface area contributed by atoms with Crippen molar-refractivity contribution >= 4 is 48.2 Å². The molecular formula is C43H46ClN5O6Si. The molecule has 3 aliphatic heterocycles. The van der Waals surface area contributed by atoms with E-state index in [1.165, 1.54) is 5.19 Å². The molecule has 1 N–H and O–H groups in total. The molecule has 1 unspecified atom stereocenters. The Labute approximate surface area is 332 Å². The summed E-state index contributed by atoms with van der Waals surface area (Å²) in [6.07, 6.45) is 1.83. The number of fused-ring (bicyclic) bond motifs is 2. The average molecular weight is 792 g/mol. The summed E-state index contributed by atoms with van der Waals surface area (Å²) in [5, 5.41) is 21.0. The van der Waals surface area contributed by atoms with E-state index in [-0.39, 0.29) is 42.1 Å². The number of ether oxygens (including phenoxy) is 3. The number of carbonyl (C=O) groups is 2. The molecule has 2 fully saturated rings. The standard InChI is InChI=1S/C43H46ClN5O6Si/c1-28-40(56(3,4)34-17-15-33(53-2)16-18-34)39(20-21-47-26-37(45-46-47)35(27-50)30-8-6-5-7-9-30)55-43(28)36-24-31(44)12-19-38(36)49(41(43)51)25-29-10-13-32(14-11-29)48-22-23-54-42(48)52/h5-19,24,26,28,35,39-40,50H,20-23,25,27H2,1-4H3/t28-,35?,39+,40-,43+/m0/s1. The maximum Gasteiger partial charge on any atom is 0.414 e. The van der Waals surface area contributed by atoms with E-state index >= 15 is 4.79 Å².